The molecular weight excluding hydrogens is 252 g/mol. The van der Waals surface area contributed by atoms with Crippen molar-refractivity contribution in [3.63, 3.8) is 0 Å². The van der Waals surface area contributed by atoms with Gasteiger partial charge in [0.2, 0.25) is 5.91 Å². The number of carbonyl (C=O) groups excluding carboxylic acids is 1. The number of nitriles is 1. The Kier molecular flexibility index (Phi) is 4.59. The first-order valence-corrected chi connectivity index (χ1v) is 6.90. The van der Waals surface area contributed by atoms with Crippen LogP contribution in [0, 0.1) is 17.2 Å². The Balaban J connectivity index is 2.07. The Morgan fingerprint density at radius 3 is 2.65 bits per heavy atom. The van der Waals surface area contributed by atoms with Gasteiger partial charge in [-0.05, 0) is 36.5 Å². The second-order valence-electron chi connectivity index (χ2n) is 5.27. The van der Waals surface area contributed by atoms with Gasteiger partial charge in [-0.25, -0.2) is 0 Å². The lowest BCUT2D eigenvalue weighted by Gasteiger charge is -2.33. The van der Waals surface area contributed by atoms with Crippen molar-refractivity contribution in [2.24, 2.45) is 17.4 Å². The molecule has 1 aliphatic rings. The van der Waals surface area contributed by atoms with Crippen molar-refractivity contribution in [1.29, 1.82) is 5.26 Å². The normalized spacial score (nSPS) is 15.9. The highest BCUT2D eigenvalue weighted by molar-refractivity contribution is 5.74. The van der Waals surface area contributed by atoms with Gasteiger partial charge in [-0.2, -0.15) is 5.26 Å². The number of hydrogen-bond donors (Lipinski definition) is 2. The predicted octanol–water partition coefficient (Wildman–Crippen LogP) is 1.11. The monoisotopic (exact) mass is 272 g/mol. The summed E-state index contributed by atoms with van der Waals surface area (Å²) in [6.07, 6.45) is 2.34. The third-order valence-corrected chi connectivity index (χ3v) is 3.86. The Hall–Kier alpha value is -2.06. The van der Waals surface area contributed by atoms with Crippen LogP contribution in [0.4, 0.5) is 5.69 Å². The van der Waals surface area contributed by atoms with Crippen LogP contribution in [0.2, 0.25) is 0 Å². The molecule has 0 atom stereocenters. The lowest BCUT2D eigenvalue weighted by molar-refractivity contribution is -0.119. The minimum atomic E-state index is -0.228. The van der Waals surface area contributed by atoms with Crippen LogP contribution >= 0.6 is 0 Å². The van der Waals surface area contributed by atoms with Gasteiger partial charge in [-0.15, -0.1) is 0 Å². The zero-order valence-corrected chi connectivity index (χ0v) is 11.5. The van der Waals surface area contributed by atoms with Gasteiger partial charge in [-0.1, -0.05) is 6.07 Å². The van der Waals surface area contributed by atoms with Crippen molar-refractivity contribution in [3.05, 3.63) is 29.3 Å². The molecule has 1 saturated heterocycles. The summed E-state index contributed by atoms with van der Waals surface area (Å²) in [5.41, 5.74) is 13.4. The molecule has 0 radical (unpaired) electrons. The van der Waals surface area contributed by atoms with Crippen LogP contribution in [0.1, 0.15) is 30.4 Å². The maximum absolute atomic E-state index is 10.9. The first-order valence-electron chi connectivity index (χ1n) is 6.90. The number of hydrogen-bond acceptors (Lipinski definition) is 4. The number of benzene rings is 1. The van der Waals surface area contributed by atoms with Crippen LogP contribution < -0.4 is 16.4 Å². The molecule has 1 aliphatic heterocycles. The molecule has 0 saturated carbocycles. The number of nitrogens with zero attached hydrogens (tertiary/aromatic N) is 2. The highest BCUT2D eigenvalue weighted by Crippen LogP contribution is 2.28. The van der Waals surface area contributed by atoms with E-state index in [-0.39, 0.29) is 5.91 Å². The van der Waals surface area contributed by atoms with Crippen LogP contribution in [0.3, 0.4) is 0 Å². The van der Waals surface area contributed by atoms with E-state index in [0.717, 1.165) is 37.2 Å². The van der Waals surface area contributed by atoms with Crippen molar-refractivity contribution in [2.45, 2.75) is 25.8 Å². The third kappa shape index (κ3) is 3.28. The fourth-order valence-electron chi connectivity index (χ4n) is 2.74. The van der Waals surface area contributed by atoms with E-state index < -0.39 is 0 Å². The SMILES string of the molecule is N#Cc1cc(CN)ccc1N1CCC(CC(N)=O)CC1. The second kappa shape index (κ2) is 6.40. The van der Waals surface area contributed by atoms with E-state index in [0.29, 0.717) is 24.4 Å². The molecular formula is C15H20N4O. The molecule has 0 spiro atoms. The second-order valence-corrected chi connectivity index (χ2v) is 5.27. The molecule has 0 bridgehead atoms. The Bertz CT molecular complexity index is 527. The molecule has 4 N–H and O–H groups in total. The number of carbonyl (C=O) groups is 1. The summed E-state index contributed by atoms with van der Waals surface area (Å²) in [6, 6.07) is 8.02. The minimum Gasteiger partial charge on any atom is -0.370 e. The molecule has 2 rings (SSSR count). The van der Waals surface area contributed by atoms with E-state index in [4.69, 9.17) is 11.5 Å². The fraction of sp³-hybridized carbons (Fsp3) is 0.467. The highest BCUT2D eigenvalue weighted by atomic mass is 16.1. The van der Waals surface area contributed by atoms with Crippen LogP contribution in [-0.2, 0) is 11.3 Å². The van der Waals surface area contributed by atoms with Crippen molar-refractivity contribution in [2.75, 3.05) is 18.0 Å². The molecule has 106 valence electrons. The van der Waals surface area contributed by atoms with Gasteiger partial charge in [0.15, 0.2) is 0 Å². The van der Waals surface area contributed by atoms with Crippen molar-refractivity contribution in [1.82, 2.24) is 0 Å². The molecule has 1 aromatic carbocycles. The van der Waals surface area contributed by atoms with E-state index in [9.17, 15) is 10.1 Å². The predicted molar refractivity (Wildman–Crippen MR) is 77.8 cm³/mol. The van der Waals surface area contributed by atoms with E-state index in [1.165, 1.54) is 0 Å². The number of rotatable bonds is 4. The van der Waals surface area contributed by atoms with Gasteiger partial charge in [0, 0.05) is 26.1 Å². The summed E-state index contributed by atoms with van der Waals surface area (Å²) in [6.45, 7) is 2.15. The van der Waals surface area contributed by atoms with Gasteiger partial charge >= 0.3 is 0 Å². The molecule has 5 nitrogen and oxygen atoms in total. The molecule has 0 aromatic heterocycles. The maximum atomic E-state index is 10.9. The highest BCUT2D eigenvalue weighted by Gasteiger charge is 2.22. The average molecular weight is 272 g/mol. The lowest BCUT2D eigenvalue weighted by Crippen LogP contribution is -2.35. The zero-order chi connectivity index (χ0) is 14.5. The van der Waals surface area contributed by atoms with E-state index in [2.05, 4.69) is 11.0 Å². The van der Waals surface area contributed by atoms with Gasteiger partial charge in [0.1, 0.15) is 6.07 Å². The number of nitrogens with two attached hydrogens (primary N) is 2. The van der Waals surface area contributed by atoms with Gasteiger partial charge in [-0.3, -0.25) is 4.79 Å². The summed E-state index contributed by atoms with van der Waals surface area (Å²) in [5.74, 6) is 0.145. The summed E-state index contributed by atoms with van der Waals surface area (Å²) >= 11 is 0. The summed E-state index contributed by atoms with van der Waals surface area (Å²) in [5, 5.41) is 9.26. The zero-order valence-electron chi connectivity index (χ0n) is 11.5. The van der Waals surface area contributed by atoms with Crippen molar-refractivity contribution < 1.29 is 4.79 Å². The molecule has 1 heterocycles. The first-order chi connectivity index (χ1) is 9.63. The molecule has 1 aromatic rings. The summed E-state index contributed by atoms with van der Waals surface area (Å²) in [7, 11) is 0. The largest absolute Gasteiger partial charge is 0.370 e. The smallest absolute Gasteiger partial charge is 0.217 e. The molecule has 0 unspecified atom stereocenters. The van der Waals surface area contributed by atoms with Crippen LogP contribution in [0.15, 0.2) is 18.2 Å². The fourth-order valence-corrected chi connectivity index (χ4v) is 2.74. The Labute approximate surface area is 119 Å². The van der Waals surface area contributed by atoms with Gasteiger partial charge < -0.3 is 16.4 Å². The van der Waals surface area contributed by atoms with Crippen LogP contribution in [-0.4, -0.2) is 19.0 Å². The van der Waals surface area contributed by atoms with E-state index in [1.807, 2.05) is 18.2 Å². The molecule has 1 amide bonds. The van der Waals surface area contributed by atoms with Crippen LogP contribution in [0.25, 0.3) is 0 Å². The summed E-state index contributed by atoms with van der Waals surface area (Å²) in [4.78, 5) is 13.1. The molecule has 20 heavy (non-hydrogen) atoms. The summed E-state index contributed by atoms with van der Waals surface area (Å²) < 4.78 is 0. The Morgan fingerprint density at radius 1 is 1.40 bits per heavy atom. The number of anilines is 1. The van der Waals surface area contributed by atoms with E-state index in [1.54, 1.807) is 0 Å². The average Bonchev–Trinajstić information content (AvgIpc) is 2.47. The standard InChI is InChI=1S/C15H20N4O/c16-9-12-1-2-14(13(7-12)10-17)19-5-3-11(4-6-19)8-15(18)20/h1-2,7,11H,3-6,8-9,16H2,(H2,18,20). The minimum absolute atomic E-state index is 0.228. The van der Waals surface area contributed by atoms with Crippen molar-refractivity contribution in [3.8, 4) is 6.07 Å². The third-order valence-electron chi connectivity index (χ3n) is 3.86. The number of primary amides is 1. The Morgan fingerprint density at radius 2 is 2.10 bits per heavy atom. The van der Waals surface area contributed by atoms with Gasteiger partial charge in [0.25, 0.3) is 0 Å². The number of amides is 1. The first kappa shape index (κ1) is 14.4. The molecule has 0 aliphatic carbocycles. The number of piperidine rings is 1. The lowest BCUT2D eigenvalue weighted by atomic mass is 9.92. The maximum Gasteiger partial charge on any atom is 0.217 e. The van der Waals surface area contributed by atoms with E-state index >= 15 is 0 Å². The molecule has 1 fully saturated rings. The molecule has 5 heteroatoms. The van der Waals surface area contributed by atoms with Gasteiger partial charge in [0.05, 0.1) is 11.3 Å². The van der Waals surface area contributed by atoms with Crippen LogP contribution in [0.5, 0.6) is 0 Å². The topological polar surface area (TPSA) is 96.1 Å². The quantitative estimate of drug-likeness (QED) is 0.858. The van der Waals surface area contributed by atoms with Crippen molar-refractivity contribution >= 4 is 11.6 Å².